The number of nitriles is 1. The Morgan fingerprint density at radius 2 is 2.00 bits per heavy atom. The Hall–Kier alpha value is -2.23. The molecule has 0 radical (unpaired) electrons. The van der Waals surface area contributed by atoms with E-state index < -0.39 is 0 Å². The van der Waals surface area contributed by atoms with E-state index in [0.717, 1.165) is 61.9 Å². The molecule has 1 atom stereocenters. The van der Waals surface area contributed by atoms with Crippen molar-refractivity contribution in [3.63, 3.8) is 0 Å². The number of nitrogens with one attached hydrogen (secondary N) is 1. The van der Waals surface area contributed by atoms with Gasteiger partial charge in [0.2, 0.25) is 0 Å². The third kappa shape index (κ3) is 3.44. The number of hydrogen-bond donors (Lipinski definition) is 2. The minimum atomic E-state index is -0.141. The predicted molar refractivity (Wildman–Crippen MR) is 96.1 cm³/mol. The molecule has 6 heteroatoms. The molecule has 2 aromatic rings. The smallest absolute Gasteiger partial charge is 0.137 e. The third-order valence-corrected chi connectivity index (χ3v) is 5.51. The maximum Gasteiger partial charge on any atom is 0.137 e. The second-order valence-electron chi connectivity index (χ2n) is 7.15. The molecule has 0 bridgehead atoms. The molecule has 1 aliphatic heterocycles. The molecular formula is C19H23N5O. The predicted octanol–water partition coefficient (Wildman–Crippen LogP) is 2.29. The summed E-state index contributed by atoms with van der Waals surface area (Å²) in [5.41, 5.74) is 1.48. The van der Waals surface area contributed by atoms with E-state index in [0.29, 0.717) is 17.6 Å². The molecule has 1 aliphatic carbocycles. The van der Waals surface area contributed by atoms with Gasteiger partial charge in [-0.1, -0.05) is 0 Å². The molecule has 130 valence electrons. The van der Waals surface area contributed by atoms with E-state index in [4.69, 9.17) is 5.26 Å². The Labute approximate surface area is 147 Å². The molecule has 4 rings (SSSR count). The average Bonchev–Trinajstić information content (AvgIpc) is 3.09. The molecule has 2 heterocycles. The van der Waals surface area contributed by atoms with Crippen LogP contribution in [0.5, 0.6) is 0 Å². The summed E-state index contributed by atoms with van der Waals surface area (Å²) in [6.07, 6.45) is 6.84. The number of hydrogen-bond acceptors (Lipinski definition) is 6. The summed E-state index contributed by atoms with van der Waals surface area (Å²) in [7, 11) is 0. The number of aromatic nitrogens is 2. The van der Waals surface area contributed by atoms with Crippen LogP contribution in [0.3, 0.4) is 0 Å². The van der Waals surface area contributed by atoms with E-state index in [9.17, 15) is 5.11 Å². The van der Waals surface area contributed by atoms with Gasteiger partial charge in [-0.15, -0.1) is 0 Å². The number of rotatable bonds is 3. The van der Waals surface area contributed by atoms with Crippen molar-refractivity contribution < 1.29 is 5.11 Å². The second kappa shape index (κ2) is 6.95. The molecule has 25 heavy (non-hydrogen) atoms. The molecule has 1 saturated heterocycles. The van der Waals surface area contributed by atoms with Crippen LogP contribution in [0.15, 0.2) is 24.5 Å². The monoisotopic (exact) mass is 337 g/mol. The van der Waals surface area contributed by atoms with Gasteiger partial charge in [-0.25, -0.2) is 9.97 Å². The fourth-order valence-corrected chi connectivity index (χ4v) is 4.12. The molecule has 0 spiro atoms. The van der Waals surface area contributed by atoms with Crippen LogP contribution in [-0.4, -0.2) is 51.3 Å². The third-order valence-electron chi connectivity index (χ3n) is 5.51. The van der Waals surface area contributed by atoms with Crippen molar-refractivity contribution in [3.05, 3.63) is 30.1 Å². The topological polar surface area (TPSA) is 85.1 Å². The lowest BCUT2D eigenvalue weighted by Crippen LogP contribution is -2.39. The zero-order valence-electron chi connectivity index (χ0n) is 14.2. The SMILES string of the molecule is N#Cc1ccc2ncnc(NC3CCC(N4CC[C@@H](O)C4)CC3)c2c1. The fourth-order valence-electron chi connectivity index (χ4n) is 4.12. The summed E-state index contributed by atoms with van der Waals surface area (Å²) in [5, 5.41) is 23.3. The van der Waals surface area contributed by atoms with Crippen molar-refractivity contribution in [1.82, 2.24) is 14.9 Å². The van der Waals surface area contributed by atoms with Gasteiger partial charge < -0.3 is 10.4 Å². The van der Waals surface area contributed by atoms with Gasteiger partial charge >= 0.3 is 0 Å². The molecular weight excluding hydrogens is 314 g/mol. The van der Waals surface area contributed by atoms with Gasteiger partial charge in [0.05, 0.1) is 23.3 Å². The number of anilines is 1. The molecule has 2 aliphatic rings. The van der Waals surface area contributed by atoms with Crippen LogP contribution in [0.25, 0.3) is 10.9 Å². The van der Waals surface area contributed by atoms with Crippen LogP contribution in [0.2, 0.25) is 0 Å². The minimum absolute atomic E-state index is 0.141. The van der Waals surface area contributed by atoms with E-state index in [2.05, 4.69) is 26.3 Å². The Morgan fingerprint density at radius 1 is 1.16 bits per heavy atom. The largest absolute Gasteiger partial charge is 0.392 e. The van der Waals surface area contributed by atoms with Crippen LogP contribution < -0.4 is 5.32 Å². The van der Waals surface area contributed by atoms with E-state index in [1.807, 2.05) is 12.1 Å². The molecule has 1 aromatic carbocycles. The van der Waals surface area contributed by atoms with Gasteiger partial charge in [0.1, 0.15) is 12.1 Å². The zero-order chi connectivity index (χ0) is 17.2. The molecule has 1 aromatic heterocycles. The minimum Gasteiger partial charge on any atom is -0.392 e. The van der Waals surface area contributed by atoms with Crippen LogP contribution in [-0.2, 0) is 0 Å². The van der Waals surface area contributed by atoms with Crippen molar-refractivity contribution in [2.75, 3.05) is 18.4 Å². The molecule has 1 saturated carbocycles. The molecule has 6 nitrogen and oxygen atoms in total. The van der Waals surface area contributed by atoms with Gasteiger partial charge in [0, 0.05) is 30.6 Å². The Kier molecular flexibility index (Phi) is 4.51. The number of nitrogens with zero attached hydrogens (tertiary/aromatic N) is 4. The highest BCUT2D eigenvalue weighted by Gasteiger charge is 2.30. The van der Waals surface area contributed by atoms with Gasteiger partial charge in [-0.05, 0) is 50.3 Å². The first-order valence-corrected chi connectivity index (χ1v) is 9.06. The lowest BCUT2D eigenvalue weighted by atomic mass is 9.90. The summed E-state index contributed by atoms with van der Waals surface area (Å²) in [6, 6.07) is 8.69. The van der Waals surface area contributed by atoms with Crippen molar-refractivity contribution in [2.45, 2.75) is 50.3 Å². The highest BCUT2D eigenvalue weighted by atomic mass is 16.3. The zero-order valence-corrected chi connectivity index (χ0v) is 14.2. The van der Waals surface area contributed by atoms with Crippen molar-refractivity contribution in [1.29, 1.82) is 5.26 Å². The average molecular weight is 337 g/mol. The highest BCUT2D eigenvalue weighted by Crippen LogP contribution is 2.29. The second-order valence-corrected chi connectivity index (χ2v) is 7.15. The van der Waals surface area contributed by atoms with Crippen LogP contribution in [0, 0.1) is 11.3 Å². The van der Waals surface area contributed by atoms with E-state index in [-0.39, 0.29) is 6.10 Å². The van der Waals surface area contributed by atoms with Crippen molar-refractivity contribution in [2.24, 2.45) is 0 Å². The van der Waals surface area contributed by atoms with Gasteiger partial charge in [0.25, 0.3) is 0 Å². The fraction of sp³-hybridized carbons (Fsp3) is 0.526. The summed E-state index contributed by atoms with van der Waals surface area (Å²) >= 11 is 0. The van der Waals surface area contributed by atoms with Gasteiger partial charge in [0.15, 0.2) is 0 Å². The molecule has 2 fully saturated rings. The lowest BCUT2D eigenvalue weighted by Gasteiger charge is -2.35. The van der Waals surface area contributed by atoms with E-state index in [1.165, 1.54) is 0 Å². The molecule has 2 N–H and O–H groups in total. The van der Waals surface area contributed by atoms with Crippen LogP contribution >= 0.6 is 0 Å². The van der Waals surface area contributed by atoms with Gasteiger partial charge in [-0.2, -0.15) is 5.26 Å². The van der Waals surface area contributed by atoms with Gasteiger partial charge in [-0.3, -0.25) is 4.90 Å². The molecule has 0 amide bonds. The summed E-state index contributed by atoms with van der Waals surface area (Å²) < 4.78 is 0. The first-order chi connectivity index (χ1) is 12.2. The van der Waals surface area contributed by atoms with Crippen molar-refractivity contribution in [3.8, 4) is 6.07 Å². The van der Waals surface area contributed by atoms with Crippen molar-refractivity contribution >= 4 is 16.7 Å². The number of β-amino-alcohol motifs (C(OH)–C–C–N with tert-alkyl or cyclic N) is 1. The maximum absolute atomic E-state index is 9.73. The number of fused-ring (bicyclic) bond motifs is 1. The summed E-state index contributed by atoms with van der Waals surface area (Å²) in [5.74, 6) is 0.821. The number of aliphatic hydroxyl groups is 1. The Bertz CT molecular complexity index is 794. The van der Waals surface area contributed by atoms with E-state index >= 15 is 0 Å². The van der Waals surface area contributed by atoms with Crippen LogP contribution in [0.4, 0.5) is 5.82 Å². The Balaban J connectivity index is 1.43. The number of likely N-dealkylation sites (tertiary alicyclic amines) is 1. The lowest BCUT2D eigenvalue weighted by molar-refractivity contribution is 0.140. The first-order valence-electron chi connectivity index (χ1n) is 9.06. The molecule has 0 unspecified atom stereocenters. The standard InChI is InChI=1S/C19H23N5O/c20-10-13-1-6-18-17(9-13)19(22-12-21-18)23-14-2-4-15(5-3-14)24-8-7-16(25)11-24/h1,6,9,12,14-16,25H,2-5,7-8,11H2,(H,21,22,23)/t14?,15?,16-/m1/s1. The normalized spacial score (nSPS) is 27.3. The van der Waals surface area contributed by atoms with E-state index in [1.54, 1.807) is 12.4 Å². The number of benzene rings is 1. The summed E-state index contributed by atoms with van der Waals surface area (Å²) in [6.45, 7) is 1.85. The Morgan fingerprint density at radius 3 is 2.72 bits per heavy atom. The number of aliphatic hydroxyl groups excluding tert-OH is 1. The maximum atomic E-state index is 9.73. The summed E-state index contributed by atoms with van der Waals surface area (Å²) in [4.78, 5) is 11.1. The van der Waals surface area contributed by atoms with Crippen LogP contribution in [0.1, 0.15) is 37.7 Å². The highest BCUT2D eigenvalue weighted by molar-refractivity contribution is 5.89. The quantitative estimate of drug-likeness (QED) is 0.894. The first kappa shape index (κ1) is 16.2.